The molecule has 1 aromatic carbocycles. The van der Waals surface area contributed by atoms with Gasteiger partial charge in [-0.1, -0.05) is 48.6 Å². The molecule has 1 nitrogen and oxygen atoms in total. The van der Waals surface area contributed by atoms with Crippen molar-refractivity contribution in [3.05, 3.63) is 60.2 Å². The Labute approximate surface area is 87.1 Å². The van der Waals surface area contributed by atoms with Crippen molar-refractivity contribution in [1.29, 1.82) is 0 Å². The zero-order valence-corrected chi connectivity index (χ0v) is 9.30. The number of hydrogen-bond donors (Lipinski definition) is 0. The van der Waals surface area contributed by atoms with Crippen LogP contribution in [0.15, 0.2) is 54.6 Å². The van der Waals surface area contributed by atoms with Gasteiger partial charge < -0.3 is 4.74 Å². The number of allylic oxidation sites excluding steroid dienone is 2. The van der Waals surface area contributed by atoms with Crippen molar-refractivity contribution in [3.63, 3.8) is 0 Å². The molecule has 3 unspecified atom stereocenters. The Balaban J connectivity index is 0.000000750. The molecule has 1 aliphatic heterocycles. The van der Waals surface area contributed by atoms with Crippen LogP contribution in [-0.2, 0) is 10.3 Å². The van der Waals surface area contributed by atoms with Gasteiger partial charge in [-0.25, -0.2) is 0 Å². The van der Waals surface area contributed by atoms with Crippen molar-refractivity contribution >= 4 is 9.90 Å². The predicted octanol–water partition coefficient (Wildman–Crippen LogP) is 2.46. The molecule has 1 saturated heterocycles. The molecule has 3 atom stereocenters. The summed E-state index contributed by atoms with van der Waals surface area (Å²) in [5.41, 5.74) is 1.12. The number of ether oxygens (including phenoxy) is 1. The summed E-state index contributed by atoms with van der Waals surface area (Å²) < 4.78 is 5.68. The number of rotatable bonds is 1. The molecule has 1 fully saturated rings. The molecule has 72 valence electrons. The Kier molecular flexibility index (Phi) is 2.30. The van der Waals surface area contributed by atoms with Crippen molar-refractivity contribution in [1.82, 2.24) is 0 Å². The Morgan fingerprint density at radius 2 is 1.86 bits per heavy atom. The zero-order chi connectivity index (χ0) is 8.73. The summed E-state index contributed by atoms with van der Waals surface area (Å²) in [4.78, 5) is 0. The average molecular weight is 204 g/mol. The lowest BCUT2D eigenvalue weighted by molar-refractivity contribution is 0.346. The second kappa shape index (κ2) is 3.34. The molecule has 0 spiro atoms. The highest BCUT2D eigenvalue weighted by molar-refractivity contribution is 6.92. The molecule has 0 radical (unpaired) electrons. The first-order chi connectivity index (χ1) is 6.42. The van der Waals surface area contributed by atoms with Gasteiger partial charge in [0, 0.05) is 0 Å². The van der Waals surface area contributed by atoms with E-state index in [2.05, 4.69) is 42.5 Å². The third-order valence-electron chi connectivity index (χ3n) is 2.65. The van der Waals surface area contributed by atoms with Gasteiger partial charge in [-0.2, -0.15) is 9.90 Å². The quantitative estimate of drug-likeness (QED) is 0.505. The lowest BCUT2D eigenvalue weighted by Crippen LogP contribution is -2.09. The number of epoxide rings is 1. The first-order valence-corrected chi connectivity index (χ1v) is 4.51. The molecule has 1 aliphatic carbocycles. The Morgan fingerprint density at radius 3 is 2.57 bits per heavy atom. The van der Waals surface area contributed by atoms with Crippen LogP contribution < -0.4 is 0 Å². The van der Waals surface area contributed by atoms with E-state index in [0.29, 0.717) is 0 Å². The maximum absolute atomic E-state index is 5.68. The molecule has 0 saturated carbocycles. The number of fused-ring (bicyclic) bond motifs is 1. The maximum atomic E-state index is 5.68. The van der Waals surface area contributed by atoms with Gasteiger partial charge in [-0.15, -0.1) is 0 Å². The van der Waals surface area contributed by atoms with Gasteiger partial charge in [0.25, 0.3) is 0 Å². The van der Waals surface area contributed by atoms with E-state index < -0.39 is 0 Å². The van der Waals surface area contributed by atoms with E-state index in [4.69, 9.17) is 4.74 Å². The SMILES string of the molecule is C1=CC2OC2(c2ccccc2)C=C1.P. The number of hydrogen-bond acceptors (Lipinski definition) is 1. The fourth-order valence-corrected chi connectivity index (χ4v) is 1.88. The van der Waals surface area contributed by atoms with Crippen LogP contribution in [0, 0.1) is 0 Å². The van der Waals surface area contributed by atoms with Crippen LogP contribution >= 0.6 is 9.90 Å². The monoisotopic (exact) mass is 204 g/mol. The zero-order valence-electron chi connectivity index (χ0n) is 7.89. The third-order valence-corrected chi connectivity index (χ3v) is 2.65. The molecule has 14 heavy (non-hydrogen) atoms. The highest BCUT2D eigenvalue weighted by Gasteiger charge is 2.54. The normalized spacial score (nSPS) is 31.9. The van der Waals surface area contributed by atoms with E-state index in [1.807, 2.05) is 12.1 Å². The molecular weight excluding hydrogens is 191 g/mol. The minimum absolute atomic E-state index is 0. The van der Waals surface area contributed by atoms with Gasteiger partial charge in [0.1, 0.15) is 11.7 Å². The van der Waals surface area contributed by atoms with Crippen LogP contribution in [0.2, 0.25) is 0 Å². The highest BCUT2D eigenvalue weighted by Crippen LogP contribution is 2.49. The summed E-state index contributed by atoms with van der Waals surface area (Å²) in [5.74, 6) is 0. The molecule has 2 heteroatoms. The summed E-state index contributed by atoms with van der Waals surface area (Å²) in [6.45, 7) is 0. The molecule has 2 aliphatic rings. The summed E-state index contributed by atoms with van der Waals surface area (Å²) in [5, 5.41) is 0. The minimum Gasteiger partial charge on any atom is -0.352 e. The molecule has 1 heterocycles. The van der Waals surface area contributed by atoms with Gasteiger partial charge in [0.05, 0.1) is 0 Å². The van der Waals surface area contributed by atoms with E-state index in [1.54, 1.807) is 0 Å². The van der Waals surface area contributed by atoms with Crippen LogP contribution in [0.1, 0.15) is 5.56 Å². The molecule has 0 N–H and O–H groups in total. The maximum Gasteiger partial charge on any atom is 0.142 e. The van der Waals surface area contributed by atoms with Gasteiger partial charge in [-0.05, 0) is 11.6 Å². The first-order valence-electron chi connectivity index (χ1n) is 4.51. The Hall–Kier alpha value is -0.910. The van der Waals surface area contributed by atoms with Crippen molar-refractivity contribution < 1.29 is 4.74 Å². The molecule has 1 aromatic rings. The third kappa shape index (κ3) is 1.25. The summed E-state index contributed by atoms with van der Waals surface area (Å²) in [7, 11) is 0. The van der Waals surface area contributed by atoms with Crippen molar-refractivity contribution in [3.8, 4) is 0 Å². The van der Waals surface area contributed by atoms with E-state index in [9.17, 15) is 0 Å². The van der Waals surface area contributed by atoms with Gasteiger partial charge in [-0.3, -0.25) is 0 Å². The predicted molar refractivity (Wildman–Crippen MR) is 62.4 cm³/mol. The molecule has 0 bridgehead atoms. The van der Waals surface area contributed by atoms with Gasteiger partial charge in [0.15, 0.2) is 0 Å². The van der Waals surface area contributed by atoms with Crippen molar-refractivity contribution in [2.45, 2.75) is 11.7 Å². The largest absolute Gasteiger partial charge is 0.352 e. The lowest BCUT2D eigenvalue weighted by Gasteiger charge is -2.08. The summed E-state index contributed by atoms with van der Waals surface area (Å²) >= 11 is 0. The van der Waals surface area contributed by atoms with Gasteiger partial charge in [0.2, 0.25) is 0 Å². The van der Waals surface area contributed by atoms with Crippen molar-refractivity contribution in [2.75, 3.05) is 0 Å². The Morgan fingerprint density at radius 1 is 1.07 bits per heavy atom. The second-order valence-electron chi connectivity index (χ2n) is 3.44. The van der Waals surface area contributed by atoms with E-state index >= 15 is 0 Å². The van der Waals surface area contributed by atoms with Crippen LogP contribution in [0.5, 0.6) is 0 Å². The topological polar surface area (TPSA) is 12.5 Å². The van der Waals surface area contributed by atoms with E-state index in [-0.39, 0.29) is 21.6 Å². The smallest absolute Gasteiger partial charge is 0.142 e. The number of benzene rings is 1. The van der Waals surface area contributed by atoms with Gasteiger partial charge >= 0.3 is 0 Å². The summed E-state index contributed by atoms with van der Waals surface area (Å²) in [6, 6.07) is 10.4. The van der Waals surface area contributed by atoms with E-state index in [1.165, 1.54) is 5.56 Å². The average Bonchev–Trinajstić information content (AvgIpc) is 2.94. The van der Waals surface area contributed by atoms with Crippen LogP contribution in [0.25, 0.3) is 0 Å². The highest BCUT2D eigenvalue weighted by atomic mass is 31.0. The lowest BCUT2D eigenvalue weighted by atomic mass is 9.92. The molecular formula is C12H13OP. The van der Waals surface area contributed by atoms with Crippen molar-refractivity contribution in [2.24, 2.45) is 0 Å². The van der Waals surface area contributed by atoms with Crippen LogP contribution in [-0.4, -0.2) is 6.10 Å². The first kappa shape index (κ1) is 9.64. The Bertz CT molecular complexity index is 383. The minimum atomic E-state index is -0.129. The molecule has 0 aromatic heterocycles. The van der Waals surface area contributed by atoms with Crippen LogP contribution in [0.3, 0.4) is 0 Å². The fourth-order valence-electron chi connectivity index (χ4n) is 1.88. The standard InChI is InChI=1S/C12H10O.H3P/c1-2-6-10(7-3-1)12-9-5-4-8-11(12)13-12;/h1-9,11H;1H3. The fraction of sp³-hybridized carbons (Fsp3) is 0.167. The summed E-state index contributed by atoms with van der Waals surface area (Å²) in [6.07, 6.45) is 8.59. The van der Waals surface area contributed by atoms with E-state index in [0.717, 1.165) is 0 Å². The molecule has 3 rings (SSSR count). The van der Waals surface area contributed by atoms with Crippen LogP contribution in [0.4, 0.5) is 0 Å². The molecule has 0 amide bonds. The second-order valence-corrected chi connectivity index (χ2v) is 3.44.